The minimum atomic E-state index is -0.0697. The van der Waals surface area contributed by atoms with Gasteiger partial charge in [-0.05, 0) is 49.3 Å². The van der Waals surface area contributed by atoms with Gasteiger partial charge in [-0.1, -0.05) is 0 Å². The van der Waals surface area contributed by atoms with Crippen LogP contribution in [0.2, 0.25) is 0 Å². The SMILES string of the molecule is COC(=O)[C@H]1CC[C@H](c2nsc3cccnc32)CC1. The highest BCUT2D eigenvalue weighted by atomic mass is 32.1. The predicted octanol–water partition coefficient (Wildman–Crippen LogP) is 3.14. The summed E-state index contributed by atoms with van der Waals surface area (Å²) < 4.78 is 10.5. The number of rotatable bonds is 2. The van der Waals surface area contributed by atoms with Gasteiger partial charge in [-0.15, -0.1) is 0 Å². The van der Waals surface area contributed by atoms with Crippen molar-refractivity contribution in [3.8, 4) is 0 Å². The fourth-order valence-corrected chi connectivity index (χ4v) is 3.65. The van der Waals surface area contributed by atoms with Gasteiger partial charge in [0.05, 0.1) is 23.4 Å². The van der Waals surface area contributed by atoms with Crippen molar-refractivity contribution in [3.05, 3.63) is 24.0 Å². The zero-order chi connectivity index (χ0) is 13.2. The molecule has 0 saturated heterocycles. The van der Waals surface area contributed by atoms with Gasteiger partial charge in [0.1, 0.15) is 5.52 Å². The first-order valence-corrected chi connectivity index (χ1v) is 7.35. The quantitative estimate of drug-likeness (QED) is 0.791. The third-order valence-electron chi connectivity index (χ3n) is 3.90. The Morgan fingerprint density at radius 2 is 2.16 bits per heavy atom. The van der Waals surface area contributed by atoms with Crippen LogP contribution in [0.25, 0.3) is 10.2 Å². The topological polar surface area (TPSA) is 52.1 Å². The fraction of sp³-hybridized carbons (Fsp3) is 0.500. The van der Waals surface area contributed by atoms with Crippen LogP contribution in [-0.4, -0.2) is 22.4 Å². The Labute approximate surface area is 116 Å². The maximum absolute atomic E-state index is 11.5. The van der Waals surface area contributed by atoms with Gasteiger partial charge >= 0.3 is 5.97 Å². The molecule has 0 bridgehead atoms. The third kappa shape index (κ3) is 2.34. The summed E-state index contributed by atoms with van der Waals surface area (Å²) in [6, 6.07) is 4.00. The summed E-state index contributed by atoms with van der Waals surface area (Å²) in [5.74, 6) is 0.434. The standard InChI is InChI=1S/C14H16N2O2S/c1-18-14(17)10-6-4-9(5-7-10)12-13-11(19-16-12)3-2-8-15-13/h2-3,8-10H,4-7H2,1H3/t9-,10-. The van der Waals surface area contributed by atoms with Crippen LogP contribution < -0.4 is 0 Å². The molecule has 0 spiro atoms. The molecular formula is C14H16N2O2S. The number of methoxy groups -OCH3 is 1. The maximum atomic E-state index is 11.5. The lowest BCUT2D eigenvalue weighted by Gasteiger charge is -2.25. The molecule has 0 unspecified atom stereocenters. The number of ether oxygens (including phenoxy) is 1. The number of nitrogens with zero attached hydrogens (tertiary/aromatic N) is 2. The number of hydrogen-bond donors (Lipinski definition) is 0. The molecule has 19 heavy (non-hydrogen) atoms. The molecular weight excluding hydrogens is 260 g/mol. The molecule has 0 atom stereocenters. The number of carbonyl (C=O) groups is 1. The lowest BCUT2D eigenvalue weighted by atomic mass is 9.80. The maximum Gasteiger partial charge on any atom is 0.308 e. The molecule has 3 rings (SSSR count). The molecule has 2 aromatic heterocycles. The van der Waals surface area contributed by atoms with Crippen molar-refractivity contribution >= 4 is 27.7 Å². The number of carbonyl (C=O) groups excluding carboxylic acids is 1. The van der Waals surface area contributed by atoms with E-state index in [2.05, 4.69) is 15.4 Å². The molecule has 0 aliphatic heterocycles. The molecule has 2 heterocycles. The Kier molecular flexibility index (Phi) is 3.46. The number of esters is 1. The van der Waals surface area contributed by atoms with Gasteiger partial charge in [-0.3, -0.25) is 9.78 Å². The van der Waals surface area contributed by atoms with Crippen molar-refractivity contribution in [2.75, 3.05) is 7.11 Å². The molecule has 2 aromatic rings. The van der Waals surface area contributed by atoms with E-state index in [-0.39, 0.29) is 11.9 Å². The molecule has 5 heteroatoms. The monoisotopic (exact) mass is 276 g/mol. The van der Waals surface area contributed by atoms with Crippen molar-refractivity contribution in [1.82, 2.24) is 9.36 Å². The van der Waals surface area contributed by atoms with Gasteiger partial charge in [0.25, 0.3) is 0 Å². The van der Waals surface area contributed by atoms with Crippen molar-refractivity contribution in [1.29, 1.82) is 0 Å². The van der Waals surface area contributed by atoms with Crippen molar-refractivity contribution in [2.45, 2.75) is 31.6 Å². The Balaban J connectivity index is 1.77. The van der Waals surface area contributed by atoms with Gasteiger partial charge in [-0.2, -0.15) is 4.37 Å². The minimum absolute atomic E-state index is 0.0686. The lowest BCUT2D eigenvalue weighted by Crippen LogP contribution is -2.22. The highest BCUT2D eigenvalue weighted by Gasteiger charge is 2.29. The van der Waals surface area contributed by atoms with Crippen LogP contribution in [0.3, 0.4) is 0 Å². The molecule has 4 nitrogen and oxygen atoms in total. The third-order valence-corrected chi connectivity index (χ3v) is 4.72. The van der Waals surface area contributed by atoms with Crippen LogP contribution >= 0.6 is 11.5 Å². The smallest absolute Gasteiger partial charge is 0.308 e. The first-order chi connectivity index (χ1) is 9.29. The summed E-state index contributed by atoms with van der Waals surface area (Å²) in [7, 11) is 1.46. The summed E-state index contributed by atoms with van der Waals surface area (Å²) in [6.07, 6.45) is 5.59. The van der Waals surface area contributed by atoms with Crippen LogP contribution in [0.1, 0.15) is 37.3 Å². The average molecular weight is 276 g/mol. The van der Waals surface area contributed by atoms with Gasteiger partial charge in [-0.25, -0.2) is 0 Å². The lowest BCUT2D eigenvalue weighted by molar-refractivity contribution is -0.146. The van der Waals surface area contributed by atoms with Crippen LogP contribution in [0.4, 0.5) is 0 Å². The Morgan fingerprint density at radius 1 is 1.37 bits per heavy atom. The zero-order valence-electron chi connectivity index (χ0n) is 10.8. The molecule has 0 aromatic carbocycles. The van der Waals surface area contributed by atoms with Crippen molar-refractivity contribution in [3.63, 3.8) is 0 Å². The molecule has 1 fully saturated rings. The molecule has 0 N–H and O–H groups in total. The molecule has 1 saturated carbocycles. The van der Waals surface area contributed by atoms with Gasteiger partial charge in [0.2, 0.25) is 0 Å². The summed E-state index contributed by atoms with van der Waals surface area (Å²) >= 11 is 1.52. The fourth-order valence-electron chi connectivity index (χ4n) is 2.84. The van der Waals surface area contributed by atoms with Crippen molar-refractivity contribution in [2.24, 2.45) is 5.92 Å². The minimum Gasteiger partial charge on any atom is -0.469 e. The van der Waals surface area contributed by atoms with Crippen LogP contribution in [0.5, 0.6) is 0 Å². The van der Waals surface area contributed by atoms with Gasteiger partial charge in [0.15, 0.2) is 0 Å². The van der Waals surface area contributed by atoms with Gasteiger partial charge < -0.3 is 4.74 Å². The summed E-state index contributed by atoms with van der Waals surface area (Å²) in [6.45, 7) is 0. The first kappa shape index (κ1) is 12.5. The summed E-state index contributed by atoms with van der Waals surface area (Å²) in [5.41, 5.74) is 2.15. The molecule has 100 valence electrons. The number of aromatic nitrogens is 2. The Morgan fingerprint density at radius 3 is 2.89 bits per heavy atom. The second kappa shape index (κ2) is 5.25. The van der Waals surface area contributed by atoms with E-state index in [9.17, 15) is 4.79 Å². The molecule has 0 radical (unpaired) electrons. The Hall–Kier alpha value is -1.49. The highest BCUT2D eigenvalue weighted by Crippen LogP contribution is 2.38. The zero-order valence-corrected chi connectivity index (χ0v) is 11.7. The number of pyridine rings is 1. The molecule has 0 amide bonds. The average Bonchev–Trinajstić information content (AvgIpc) is 2.90. The van der Waals surface area contributed by atoms with Crippen LogP contribution in [-0.2, 0) is 9.53 Å². The van der Waals surface area contributed by atoms with Gasteiger partial charge in [0, 0.05) is 12.1 Å². The first-order valence-electron chi connectivity index (χ1n) is 6.57. The van der Waals surface area contributed by atoms with E-state index >= 15 is 0 Å². The molecule has 1 aliphatic carbocycles. The van der Waals surface area contributed by atoms with E-state index in [1.165, 1.54) is 18.6 Å². The highest BCUT2D eigenvalue weighted by molar-refractivity contribution is 7.13. The van der Waals surface area contributed by atoms with E-state index in [1.54, 1.807) is 0 Å². The molecule has 1 aliphatic rings. The largest absolute Gasteiger partial charge is 0.469 e. The second-order valence-corrected chi connectivity index (χ2v) is 5.79. The van der Waals surface area contributed by atoms with E-state index in [1.807, 2.05) is 12.3 Å². The van der Waals surface area contributed by atoms with E-state index in [0.29, 0.717) is 5.92 Å². The second-order valence-electron chi connectivity index (χ2n) is 4.99. The number of fused-ring (bicyclic) bond motifs is 1. The van der Waals surface area contributed by atoms with E-state index in [0.717, 1.165) is 41.6 Å². The van der Waals surface area contributed by atoms with Crippen LogP contribution in [0.15, 0.2) is 18.3 Å². The van der Waals surface area contributed by atoms with E-state index in [4.69, 9.17) is 4.74 Å². The van der Waals surface area contributed by atoms with Crippen molar-refractivity contribution < 1.29 is 9.53 Å². The van der Waals surface area contributed by atoms with E-state index < -0.39 is 0 Å². The normalized spacial score (nSPS) is 23.4. The Bertz CT molecular complexity index is 588. The summed E-state index contributed by atoms with van der Waals surface area (Å²) in [4.78, 5) is 16.0. The van der Waals surface area contributed by atoms with Crippen LogP contribution in [0, 0.1) is 5.92 Å². The predicted molar refractivity (Wildman–Crippen MR) is 74.1 cm³/mol. The number of hydrogen-bond acceptors (Lipinski definition) is 5. The summed E-state index contributed by atoms with van der Waals surface area (Å²) in [5, 5.41) is 0.